The standard InChI is InChI=1S/C20H19N3O5/c24-18(21-14-6-7-16-17(11-14)28-9-8-27-16)12-23-19(25)15(22-20(23)26)10-13-4-2-1-3-5-13/h1-7,11,15H,8-10,12H2,(H,21,24)(H,22,26). The molecule has 8 nitrogen and oxygen atoms in total. The molecule has 2 aliphatic rings. The van der Waals surface area contributed by atoms with Crippen molar-refractivity contribution in [2.24, 2.45) is 0 Å². The van der Waals surface area contributed by atoms with Gasteiger partial charge in [0.25, 0.3) is 5.91 Å². The van der Waals surface area contributed by atoms with Crippen LogP contribution >= 0.6 is 0 Å². The third-order valence-electron chi connectivity index (χ3n) is 4.52. The normalized spacial score (nSPS) is 18.0. The average molecular weight is 381 g/mol. The second-order valence-corrected chi connectivity index (χ2v) is 6.52. The van der Waals surface area contributed by atoms with Gasteiger partial charge in [0.1, 0.15) is 25.8 Å². The molecular weight excluding hydrogens is 362 g/mol. The molecule has 0 bridgehead atoms. The number of rotatable bonds is 5. The molecule has 8 heteroatoms. The predicted molar refractivity (Wildman–Crippen MR) is 100 cm³/mol. The summed E-state index contributed by atoms with van der Waals surface area (Å²) < 4.78 is 10.9. The van der Waals surface area contributed by atoms with E-state index in [0.29, 0.717) is 36.8 Å². The lowest BCUT2D eigenvalue weighted by atomic mass is 10.1. The number of ether oxygens (including phenoxy) is 2. The van der Waals surface area contributed by atoms with Crippen molar-refractivity contribution in [1.29, 1.82) is 0 Å². The highest BCUT2D eigenvalue weighted by molar-refractivity contribution is 6.08. The third-order valence-corrected chi connectivity index (χ3v) is 4.52. The zero-order valence-electron chi connectivity index (χ0n) is 15.0. The van der Waals surface area contributed by atoms with Gasteiger partial charge in [0.2, 0.25) is 5.91 Å². The van der Waals surface area contributed by atoms with Crippen LogP contribution in [0.4, 0.5) is 10.5 Å². The molecule has 2 aromatic rings. The molecule has 2 heterocycles. The molecule has 28 heavy (non-hydrogen) atoms. The van der Waals surface area contributed by atoms with Crippen molar-refractivity contribution in [1.82, 2.24) is 10.2 Å². The van der Waals surface area contributed by atoms with Crippen molar-refractivity contribution >= 4 is 23.5 Å². The summed E-state index contributed by atoms with van der Waals surface area (Å²) in [7, 11) is 0. The van der Waals surface area contributed by atoms with Crippen molar-refractivity contribution in [3.05, 3.63) is 54.1 Å². The summed E-state index contributed by atoms with van der Waals surface area (Å²) in [5.41, 5.74) is 1.44. The topological polar surface area (TPSA) is 97.0 Å². The molecule has 1 saturated heterocycles. The van der Waals surface area contributed by atoms with Gasteiger partial charge in [-0.2, -0.15) is 0 Å². The molecule has 144 valence electrons. The van der Waals surface area contributed by atoms with Gasteiger partial charge in [0, 0.05) is 18.2 Å². The number of hydrogen-bond acceptors (Lipinski definition) is 5. The van der Waals surface area contributed by atoms with Crippen LogP contribution in [0.15, 0.2) is 48.5 Å². The van der Waals surface area contributed by atoms with Gasteiger partial charge >= 0.3 is 6.03 Å². The number of urea groups is 1. The first-order valence-corrected chi connectivity index (χ1v) is 8.95. The fourth-order valence-corrected chi connectivity index (χ4v) is 3.18. The molecular formula is C20H19N3O5. The highest BCUT2D eigenvalue weighted by Crippen LogP contribution is 2.32. The second-order valence-electron chi connectivity index (χ2n) is 6.52. The molecule has 0 radical (unpaired) electrons. The summed E-state index contributed by atoms with van der Waals surface area (Å²) >= 11 is 0. The average Bonchev–Trinajstić information content (AvgIpc) is 2.96. The maximum Gasteiger partial charge on any atom is 0.325 e. The summed E-state index contributed by atoms with van der Waals surface area (Å²) in [4.78, 5) is 37.9. The lowest BCUT2D eigenvalue weighted by Gasteiger charge is -2.19. The number of hydrogen-bond donors (Lipinski definition) is 2. The monoisotopic (exact) mass is 381 g/mol. The first kappa shape index (κ1) is 17.8. The third kappa shape index (κ3) is 3.75. The number of nitrogens with zero attached hydrogens (tertiary/aromatic N) is 1. The lowest BCUT2D eigenvalue weighted by molar-refractivity contribution is -0.130. The Morgan fingerprint density at radius 3 is 2.61 bits per heavy atom. The zero-order chi connectivity index (χ0) is 19.5. The van der Waals surface area contributed by atoms with Gasteiger partial charge in [-0.05, 0) is 17.7 Å². The molecule has 0 aliphatic carbocycles. The SMILES string of the molecule is O=C(CN1C(=O)NC(Cc2ccccc2)C1=O)Nc1ccc2c(c1)OCCO2. The number of nitrogens with one attached hydrogen (secondary N) is 2. The number of benzene rings is 2. The van der Waals surface area contributed by atoms with Crippen LogP contribution in [0, 0.1) is 0 Å². The van der Waals surface area contributed by atoms with Gasteiger partial charge in [-0.25, -0.2) is 4.79 Å². The number of anilines is 1. The maximum absolute atomic E-state index is 12.5. The van der Waals surface area contributed by atoms with Gasteiger partial charge in [0.15, 0.2) is 11.5 Å². The largest absolute Gasteiger partial charge is 0.486 e. The first-order valence-electron chi connectivity index (χ1n) is 8.95. The first-order chi connectivity index (χ1) is 13.6. The van der Waals surface area contributed by atoms with E-state index in [1.54, 1.807) is 18.2 Å². The summed E-state index contributed by atoms with van der Waals surface area (Å²) in [6, 6.07) is 13.2. The summed E-state index contributed by atoms with van der Waals surface area (Å²) in [5, 5.41) is 5.31. The van der Waals surface area contributed by atoms with Crippen molar-refractivity contribution in [3.8, 4) is 11.5 Å². The Balaban J connectivity index is 1.37. The Hall–Kier alpha value is -3.55. The number of carbonyl (C=O) groups excluding carboxylic acids is 3. The Kier molecular flexibility index (Phi) is 4.84. The number of fused-ring (bicyclic) bond motifs is 1. The fraction of sp³-hybridized carbons (Fsp3) is 0.250. The summed E-state index contributed by atoms with van der Waals surface area (Å²) in [6.07, 6.45) is 0.381. The smallest absolute Gasteiger partial charge is 0.325 e. The molecule has 0 spiro atoms. The van der Waals surface area contributed by atoms with Gasteiger partial charge in [-0.1, -0.05) is 30.3 Å². The van der Waals surface area contributed by atoms with E-state index in [1.165, 1.54) is 0 Å². The highest BCUT2D eigenvalue weighted by atomic mass is 16.6. The van der Waals surface area contributed by atoms with Crippen molar-refractivity contribution in [2.75, 3.05) is 25.1 Å². The van der Waals surface area contributed by atoms with Gasteiger partial charge in [-0.15, -0.1) is 0 Å². The molecule has 1 atom stereocenters. The Bertz CT molecular complexity index is 915. The second kappa shape index (κ2) is 7.59. The molecule has 2 aliphatic heterocycles. The molecule has 4 amide bonds. The van der Waals surface area contributed by atoms with Gasteiger partial charge in [0.05, 0.1) is 0 Å². The zero-order valence-corrected chi connectivity index (χ0v) is 15.0. The molecule has 0 aromatic heterocycles. The van der Waals surface area contributed by atoms with Gasteiger partial charge < -0.3 is 20.1 Å². The van der Waals surface area contributed by atoms with E-state index in [1.807, 2.05) is 30.3 Å². The Labute approximate surface area is 161 Å². The van der Waals surface area contributed by atoms with E-state index in [2.05, 4.69) is 10.6 Å². The summed E-state index contributed by atoms with van der Waals surface area (Å²) in [5.74, 6) is 0.274. The minimum absolute atomic E-state index is 0.357. The van der Waals surface area contributed by atoms with Crippen LogP contribution < -0.4 is 20.1 Å². The van der Waals surface area contributed by atoms with Crippen molar-refractivity contribution in [3.63, 3.8) is 0 Å². The van der Waals surface area contributed by atoms with Crippen molar-refractivity contribution in [2.45, 2.75) is 12.5 Å². The Morgan fingerprint density at radius 1 is 1.07 bits per heavy atom. The minimum atomic E-state index is -0.669. The Morgan fingerprint density at radius 2 is 1.82 bits per heavy atom. The van der Waals surface area contributed by atoms with E-state index in [9.17, 15) is 14.4 Å². The summed E-state index contributed by atoms with van der Waals surface area (Å²) in [6.45, 7) is 0.565. The van der Waals surface area contributed by atoms with E-state index in [0.717, 1.165) is 10.5 Å². The van der Waals surface area contributed by atoms with Crippen molar-refractivity contribution < 1.29 is 23.9 Å². The quantitative estimate of drug-likeness (QED) is 0.766. The van der Waals surface area contributed by atoms with Gasteiger partial charge in [-0.3, -0.25) is 14.5 Å². The minimum Gasteiger partial charge on any atom is -0.486 e. The molecule has 2 N–H and O–H groups in total. The van der Waals surface area contributed by atoms with Crippen LogP contribution in [-0.2, 0) is 16.0 Å². The predicted octanol–water partition coefficient (Wildman–Crippen LogP) is 1.56. The van der Waals surface area contributed by atoms with Crippen LogP contribution in [0.25, 0.3) is 0 Å². The number of carbonyl (C=O) groups is 3. The maximum atomic E-state index is 12.5. The van der Waals surface area contributed by atoms with Crippen LogP contribution in [0.5, 0.6) is 11.5 Å². The molecule has 0 saturated carbocycles. The van der Waals surface area contributed by atoms with Crippen LogP contribution in [-0.4, -0.2) is 48.5 Å². The van der Waals surface area contributed by atoms with Crippen LogP contribution in [0.1, 0.15) is 5.56 Å². The highest BCUT2D eigenvalue weighted by Gasteiger charge is 2.38. The number of imide groups is 1. The fourth-order valence-electron chi connectivity index (χ4n) is 3.18. The van der Waals surface area contributed by atoms with Crippen LogP contribution in [0.3, 0.4) is 0 Å². The molecule has 4 rings (SSSR count). The lowest BCUT2D eigenvalue weighted by Crippen LogP contribution is -2.38. The molecule has 2 aromatic carbocycles. The van der Waals surface area contributed by atoms with Crippen LogP contribution in [0.2, 0.25) is 0 Å². The van der Waals surface area contributed by atoms with E-state index >= 15 is 0 Å². The van der Waals surface area contributed by atoms with E-state index in [-0.39, 0.29) is 6.54 Å². The number of amides is 4. The molecule has 1 fully saturated rings. The van der Waals surface area contributed by atoms with E-state index < -0.39 is 23.9 Å². The van der Waals surface area contributed by atoms with E-state index in [4.69, 9.17) is 9.47 Å². The molecule has 1 unspecified atom stereocenters.